The molecule has 4 nitrogen and oxygen atoms in total. The molecule has 0 spiro atoms. The van der Waals surface area contributed by atoms with Crippen LogP contribution in [0.2, 0.25) is 10.0 Å². The summed E-state index contributed by atoms with van der Waals surface area (Å²) in [5, 5.41) is 0.810. The van der Waals surface area contributed by atoms with Crippen LogP contribution in [0.25, 0.3) is 6.08 Å². The topological polar surface area (TPSA) is 52.6 Å². The third-order valence-electron chi connectivity index (χ3n) is 4.44. The minimum absolute atomic E-state index is 0.158. The van der Waals surface area contributed by atoms with Crippen molar-refractivity contribution in [2.75, 3.05) is 0 Å². The van der Waals surface area contributed by atoms with E-state index < -0.39 is 5.97 Å². The number of hydrogen-bond donors (Lipinski definition) is 0. The monoisotopic (exact) mass is 424 g/mol. The number of hydrogen-bond acceptors (Lipinski definition) is 4. The Morgan fingerprint density at radius 2 is 1.69 bits per heavy atom. The normalized spacial score (nSPS) is 13.9. The number of ketones is 1. The molecule has 0 radical (unpaired) electrons. The van der Waals surface area contributed by atoms with E-state index in [9.17, 15) is 9.59 Å². The zero-order valence-electron chi connectivity index (χ0n) is 15.2. The van der Waals surface area contributed by atoms with Gasteiger partial charge in [-0.05, 0) is 48.4 Å². The third kappa shape index (κ3) is 3.77. The van der Waals surface area contributed by atoms with E-state index >= 15 is 0 Å². The largest absolute Gasteiger partial charge is 0.452 e. The van der Waals surface area contributed by atoms with Crippen molar-refractivity contribution in [3.8, 4) is 11.5 Å². The van der Waals surface area contributed by atoms with Crippen LogP contribution in [0.4, 0.5) is 0 Å². The van der Waals surface area contributed by atoms with Gasteiger partial charge in [0.05, 0.1) is 16.1 Å². The molecule has 1 aliphatic heterocycles. The average molecular weight is 425 g/mol. The standard InChI is InChI=1S/C23H14Cl2O4/c1-13-10-15(28-23(27)16-7-3-5-9-18(16)25)12-19-21(13)22(26)20(29-19)11-14-6-2-4-8-17(14)24/h2-12H,1H3/b20-11-. The van der Waals surface area contributed by atoms with Gasteiger partial charge in [-0.25, -0.2) is 4.79 Å². The second kappa shape index (κ2) is 7.74. The Morgan fingerprint density at radius 1 is 1.00 bits per heavy atom. The van der Waals surface area contributed by atoms with Crippen molar-refractivity contribution in [2.24, 2.45) is 0 Å². The Hall–Kier alpha value is -3.08. The molecular formula is C23H14Cl2O4. The van der Waals surface area contributed by atoms with Gasteiger partial charge in [0.25, 0.3) is 0 Å². The number of halogens is 2. The molecule has 0 aliphatic carbocycles. The van der Waals surface area contributed by atoms with E-state index in [1.807, 2.05) is 6.07 Å². The van der Waals surface area contributed by atoms with Gasteiger partial charge in [-0.3, -0.25) is 4.79 Å². The van der Waals surface area contributed by atoms with Crippen molar-refractivity contribution >= 4 is 41.0 Å². The average Bonchev–Trinajstić information content (AvgIpc) is 2.99. The van der Waals surface area contributed by atoms with E-state index in [4.69, 9.17) is 32.7 Å². The van der Waals surface area contributed by atoms with Gasteiger partial charge in [0, 0.05) is 11.1 Å². The van der Waals surface area contributed by atoms with Gasteiger partial charge in [-0.15, -0.1) is 0 Å². The lowest BCUT2D eigenvalue weighted by Gasteiger charge is -2.08. The van der Waals surface area contributed by atoms with E-state index in [1.165, 1.54) is 6.07 Å². The first-order chi connectivity index (χ1) is 13.9. The summed E-state index contributed by atoms with van der Waals surface area (Å²) in [4.78, 5) is 25.2. The molecule has 3 aromatic carbocycles. The maximum atomic E-state index is 12.8. The number of allylic oxidation sites excluding steroid dienone is 1. The maximum absolute atomic E-state index is 12.8. The van der Waals surface area contributed by atoms with Crippen molar-refractivity contribution in [3.63, 3.8) is 0 Å². The first kappa shape index (κ1) is 19.2. The molecular weight excluding hydrogens is 411 g/mol. The van der Waals surface area contributed by atoms with Crippen molar-refractivity contribution in [1.29, 1.82) is 0 Å². The minimum atomic E-state index is -0.592. The van der Waals surface area contributed by atoms with Gasteiger partial charge < -0.3 is 9.47 Å². The van der Waals surface area contributed by atoms with Gasteiger partial charge in [0.2, 0.25) is 5.78 Å². The summed E-state index contributed by atoms with van der Waals surface area (Å²) in [6.07, 6.45) is 1.60. The Kier molecular flexibility index (Phi) is 5.14. The predicted molar refractivity (Wildman–Crippen MR) is 112 cm³/mol. The van der Waals surface area contributed by atoms with Crippen LogP contribution in [0, 0.1) is 6.92 Å². The molecule has 0 saturated heterocycles. The quantitative estimate of drug-likeness (QED) is 0.288. The van der Waals surface area contributed by atoms with Gasteiger partial charge in [0.15, 0.2) is 5.76 Å². The smallest absolute Gasteiger partial charge is 0.345 e. The van der Waals surface area contributed by atoms with Crippen molar-refractivity contribution in [3.05, 3.63) is 98.7 Å². The van der Waals surface area contributed by atoms with Crippen LogP contribution in [-0.4, -0.2) is 11.8 Å². The van der Waals surface area contributed by atoms with Gasteiger partial charge >= 0.3 is 5.97 Å². The van der Waals surface area contributed by atoms with Gasteiger partial charge in [-0.2, -0.15) is 0 Å². The first-order valence-corrected chi connectivity index (χ1v) is 9.50. The van der Waals surface area contributed by atoms with Crippen molar-refractivity contribution in [1.82, 2.24) is 0 Å². The zero-order chi connectivity index (χ0) is 20.5. The lowest BCUT2D eigenvalue weighted by atomic mass is 10.0. The number of carbonyl (C=O) groups is 2. The van der Waals surface area contributed by atoms with Crippen molar-refractivity contribution in [2.45, 2.75) is 6.92 Å². The van der Waals surface area contributed by atoms with E-state index in [1.54, 1.807) is 61.5 Å². The molecule has 6 heteroatoms. The Bertz CT molecular complexity index is 1180. The van der Waals surface area contributed by atoms with E-state index in [0.717, 1.165) is 0 Å². The molecule has 0 atom stereocenters. The molecule has 1 aliphatic rings. The van der Waals surface area contributed by atoms with E-state index in [0.29, 0.717) is 32.5 Å². The number of carbonyl (C=O) groups excluding carboxylic acids is 2. The number of rotatable bonds is 3. The Labute approximate surface area is 177 Å². The minimum Gasteiger partial charge on any atom is -0.452 e. The van der Waals surface area contributed by atoms with E-state index in [2.05, 4.69) is 0 Å². The van der Waals surface area contributed by atoms with Crippen LogP contribution in [0.1, 0.15) is 31.8 Å². The van der Waals surface area contributed by atoms with Crippen LogP contribution >= 0.6 is 23.2 Å². The van der Waals surface area contributed by atoms with Crippen molar-refractivity contribution < 1.29 is 19.1 Å². The van der Waals surface area contributed by atoms with Crippen LogP contribution < -0.4 is 9.47 Å². The van der Waals surface area contributed by atoms with Crippen LogP contribution in [-0.2, 0) is 0 Å². The highest BCUT2D eigenvalue weighted by Gasteiger charge is 2.30. The van der Waals surface area contributed by atoms with Gasteiger partial charge in [-0.1, -0.05) is 53.5 Å². The number of aryl methyl sites for hydroxylation is 1. The molecule has 4 rings (SSSR count). The van der Waals surface area contributed by atoms with Gasteiger partial charge in [0.1, 0.15) is 11.5 Å². The van der Waals surface area contributed by atoms with Crippen LogP contribution in [0.3, 0.4) is 0 Å². The molecule has 0 fully saturated rings. The number of benzene rings is 3. The molecule has 144 valence electrons. The highest BCUT2D eigenvalue weighted by Crippen LogP contribution is 2.38. The Morgan fingerprint density at radius 3 is 2.41 bits per heavy atom. The second-order valence-corrected chi connectivity index (χ2v) is 7.26. The molecule has 0 aromatic heterocycles. The summed E-state index contributed by atoms with van der Waals surface area (Å²) in [7, 11) is 0. The third-order valence-corrected chi connectivity index (χ3v) is 5.11. The lowest BCUT2D eigenvalue weighted by molar-refractivity contribution is 0.0734. The number of fused-ring (bicyclic) bond motifs is 1. The SMILES string of the molecule is Cc1cc(OC(=O)c2ccccc2Cl)cc2c1C(=O)/C(=C/c1ccccc1Cl)O2. The highest BCUT2D eigenvalue weighted by molar-refractivity contribution is 6.33. The predicted octanol–water partition coefficient (Wildman–Crippen LogP) is 6.14. The molecule has 1 heterocycles. The Balaban J connectivity index is 1.64. The summed E-state index contributed by atoms with van der Waals surface area (Å²) < 4.78 is 11.2. The summed E-state index contributed by atoms with van der Waals surface area (Å²) >= 11 is 12.2. The number of Topliss-reactive ketones (excluding diaryl/α,β-unsaturated/α-hetero) is 1. The summed E-state index contributed by atoms with van der Waals surface area (Å²) in [6.45, 7) is 1.76. The van der Waals surface area contributed by atoms with Crippen LogP contribution in [0.5, 0.6) is 11.5 Å². The molecule has 3 aromatic rings. The fourth-order valence-electron chi connectivity index (χ4n) is 3.06. The fraction of sp³-hybridized carbons (Fsp3) is 0.0435. The molecule has 0 unspecified atom stereocenters. The summed E-state index contributed by atoms with van der Waals surface area (Å²) in [5.41, 5.74) is 2.00. The maximum Gasteiger partial charge on any atom is 0.345 e. The summed E-state index contributed by atoms with van der Waals surface area (Å²) in [6, 6.07) is 16.9. The first-order valence-electron chi connectivity index (χ1n) is 8.74. The fourth-order valence-corrected chi connectivity index (χ4v) is 3.46. The molecule has 0 saturated carbocycles. The number of esters is 1. The van der Waals surface area contributed by atoms with E-state index in [-0.39, 0.29) is 22.9 Å². The molecule has 0 N–H and O–H groups in total. The summed E-state index contributed by atoms with van der Waals surface area (Å²) in [5.74, 6) is -0.0912. The molecule has 29 heavy (non-hydrogen) atoms. The number of ether oxygens (including phenoxy) is 2. The zero-order valence-corrected chi connectivity index (χ0v) is 16.8. The highest BCUT2D eigenvalue weighted by atomic mass is 35.5. The molecule has 0 bridgehead atoms. The molecule has 0 amide bonds. The second-order valence-electron chi connectivity index (χ2n) is 6.44. The lowest BCUT2D eigenvalue weighted by Crippen LogP contribution is -2.09. The van der Waals surface area contributed by atoms with Crippen LogP contribution in [0.15, 0.2) is 66.4 Å².